The van der Waals surface area contributed by atoms with Crippen molar-refractivity contribution >= 4 is 11.8 Å². The van der Waals surface area contributed by atoms with E-state index in [0.717, 1.165) is 5.25 Å². The maximum Gasteiger partial charge on any atom is 0.0109 e. The summed E-state index contributed by atoms with van der Waals surface area (Å²) < 4.78 is 0. The van der Waals surface area contributed by atoms with Crippen molar-refractivity contribution in [3.8, 4) is 0 Å². The summed E-state index contributed by atoms with van der Waals surface area (Å²) in [6.07, 6.45) is 8.99. The van der Waals surface area contributed by atoms with E-state index in [1.165, 1.54) is 49.8 Å². The van der Waals surface area contributed by atoms with E-state index in [2.05, 4.69) is 30.0 Å². The summed E-state index contributed by atoms with van der Waals surface area (Å²) in [5.74, 6) is 0. The van der Waals surface area contributed by atoms with Crippen LogP contribution < -0.4 is 5.73 Å². The second kappa shape index (κ2) is 5.03. The van der Waals surface area contributed by atoms with Gasteiger partial charge in [0.25, 0.3) is 0 Å². The maximum absolute atomic E-state index is 6.06. The molecule has 2 atom stereocenters. The van der Waals surface area contributed by atoms with Gasteiger partial charge in [-0.05, 0) is 61.8 Å². The van der Waals surface area contributed by atoms with Crippen LogP contribution in [0.3, 0.4) is 0 Å². The van der Waals surface area contributed by atoms with Crippen molar-refractivity contribution in [2.24, 2.45) is 5.73 Å². The SMILES string of the molecule is NC1CCCC(Sc2ccc3c(c2)CCC3)C1. The average Bonchev–Trinajstić information content (AvgIpc) is 2.76. The molecule has 1 aromatic rings. The van der Waals surface area contributed by atoms with E-state index in [1.807, 2.05) is 0 Å². The Balaban J connectivity index is 1.68. The van der Waals surface area contributed by atoms with Crippen LogP contribution in [0.2, 0.25) is 0 Å². The first-order valence-corrected chi connectivity index (χ1v) is 7.73. The third-order valence-electron chi connectivity index (χ3n) is 4.04. The van der Waals surface area contributed by atoms with Crippen molar-refractivity contribution in [1.82, 2.24) is 0 Å². The molecule has 0 radical (unpaired) electrons. The van der Waals surface area contributed by atoms with Gasteiger partial charge >= 0.3 is 0 Å². The zero-order valence-electron chi connectivity index (χ0n) is 10.3. The van der Waals surface area contributed by atoms with Gasteiger partial charge in [0.1, 0.15) is 0 Å². The van der Waals surface area contributed by atoms with Gasteiger partial charge in [0.2, 0.25) is 0 Å². The van der Waals surface area contributed by atoms with Crippen LogP contribution in [0, 0.1) is 0 Å². The number of hydrogen-bond donors (Lipinski definition) is 1. The predicted octanol–water partition coefficient (Wildman–Crippen LogP) is 3.54. The zero-order valence-corrected chi connectivity index (χ0v) is 11.1. The van der Waals surface area contributed by atoms with Gasteiger partial charge in [-0.1, -0.05) is 12.5 Å². The number of thioether (sulfide) groups is 1. The fraction of sp³-hybridized carbons (Fsp3) is 0.600. The predicted molar refractivity (Wildman–Crippen MR) is 74.6 cm³/mol. The molecule has 0 spiro atoms. The van der Waals surface area contributed by atoms with E-state index in [-0.39, 0.29) is 0 Å². The van der Waals surface area contributed by atoms with Crippen LogP contribution in [0.15, 0.2) is 23.1 Å². The van der Waals surface area contributed by atoms with Crippen molar-refractivity contribution in [3.63, 3.8) is 0 Å². The molecule has 2 heteroatoms. The molecule has 2 aliphatic rings. The number of rotatable bonds is 2. The first kappa shape index (κ1) is 11.6. The van der Waals surface area contributed by atoms with Crippen molar-refractivity contribution < 1.29 is 0 Å². The molecule has 3 rings (SSSR count). The molecule has 0 bridgehead atoms. The second-order valence-electron chi connectivity index (χ2n) is 5.45. The van der Waals surface area contributed by atoms with E-state index in [9.17, 15) is 0 Å². The standard InChI is InChI=1S/C15H21NS/c16-13-5-2-6-14(10-13)17-15-8-7-11-3-1-4-12(11)9-15/h7-9,13-14H,1-6,10,16H2. The third kappa shape index (κ3) is 2.69. The van der Waals surface area contributed by atoms with E-state index < -0.39 is 0 Å². The summed E-state index contributed by atoms with van der Waals surface area (Å²) in [5, 5.41) is 0.748. The molecule has 2 N–H and O–H groups in total. The van der Waals surface area contributed by atoms with E-state index in [1.54, 1.807) is 11.1 Å². The minimum Gasteiger partial charge on any atom is -0.328 e. The Morgan fingerprint density at radius 1 is 1.06 bits per heavy atom. The molecule has 0 aromatic heterocycles. The Labute approximate surface area is 108 Å². The Bertz CT molecular complexity index is 402. The van der Waals surface area contributed by atoms with Gasteiger partial charge in [0.05, 0.1) is 0 Å². The summed E-state index contributed by atoms with van der Waals surface area (Å²) in [6.45, 7) is 0. The highest BCUT2D eigenvalue weighted by atomic mass is 32.2. The lowest BCUT2D eigenvalue weighted by Gasteiger charge is -2.26. The second-order valence-corrected chi connectivity index (χ2v) is 6.82. The maximum atomic E-state index is 6.06. The summed E-state index contributed by atoms with van der Waals surface area (Å²) in [7, 11) is 0. The molecule has 1 aromatic carbocycles. The fourth-order valence-electron chi connectivity index (χ4n) is 3.10. The largest absolute Gasteiger partial charge is 0.328 e. The molecule has 0 heterocycles. The van der Waals surface area contributed by atoms with Crippen molar-refractivity contribution in [2.75, 3.05) is 0 Å². The van der Waals surface area contributed by atoms with E-state index in [0.29, 0.717) is 6.04 Å². The molecule has 1 fully saturated rings. The zero-order chi connectivity index (χ0) is 11.7. The van der Waals surface area contributed by atoms with Crippen LogP contribution in [0.5, 0.6) is 0 Å². The lowest BCUT2D eigenvalue weighted by atomic mass is 9.96. The topological polar surface area (TPSA) is 26.0 Å². The molecule has 17 heavy (non-hydrogen) atoms. The van der Waals surface area contributed by atoms with E-state index >= 15 is 0 Å². The Hall–Kier alpha value is -0.470. The number of fused-ring (bicyclic) bond motifs is 1. The number of aryl methyl sites for hydroxylation is 2. The van der Waals surface area contributed by atoms with Gasteiger partial charge in [0, 0.05) is 16.2 Å². The molecule has 2 aliphatic carbocycles. The first-order valence-electron chi connectivity index (χ1n) is 6.85. The van der Waals surface area contributed by atoms with Crippen LogP contribution in [-0.2, 0) is 12.8 Å². The van der Waals surface area contributed by atoms with Crippen LogP contribution in [-0.4, -0.2) is 11.3 Å². The first-order chi connectivity index (χ1) is 8.31. The molecule has 92 valence electrons. The third-order valence-corrected chi connectivity index (χ3v) is 5.33. The Morgan fingerprint density at radius 3 is 2.82 bits per heavy atom. The van der Waals surface area contributed by atoms with Gasteiger partial charge in [-0.3, -0.25) is 0 Å². The van der Waals surface area contributed by atoms with Gasteiger partial charge in [0.15, 0.2) is 0 Å². The highest BCUT2D eigenvalue weighted by Gasteiger charge is 2.20. The van der Waals surface area contributed by atoms with Crippen LogP contribution >= 0.6 is 11.8 Å². The summed E-state index contributed by atoms with van der Waals surface area (Å²) in [5.41, 5.74) is 9.23. The number of benzene rings is 1. The Morgan fingerprint density at radius 2 is 1.94 bits per heavy atom. The molecular weight excluding hydrogens is 226 g/mol. The molecule has 0 aliphatic heterocycles. The molecule has 1 saturated carbocycles. The molecule has 0 saturated heterocycles. The monoisotopic (exact) mass is 247 g/mol. The van der Waals surface area contributed by atoms with E-state index in [4.69, 9.17) is 5.73 Å². The smallest absolute Gasteiger partial charge is 0.0109 e. The van der Waals surface area contributed by atoms with Crippen LogP contribution in [0.4, 0.5) is 0 Å². The van der Waals surface area contributed by atoms with Gasteiger partial charge in [-0.25, -0.2) is 0 Å². The minimum atomic E-state index is 0.440. The highest BCUT2D eigenvalue weighted by Crippen LogP contribution is 2.35. The number of hydrogen-bond acceptors (Lipinski definition) is 2. The van der Waals surface area contributed by atoms with Gasteiger partial charge in [-0.15, -0.1) is 11.8 Å². The Kier molecular flexibility index (Phi) is 3.44. The summed E-state index contributed by atoms with van der Waals surface area (Å²) in [6, 6.07) is 7.52. The van der Waals surface area contributed by atoms with Crippen LogP contribution in [0.1, 0.15) is 43.2 Å². The highest BCUT2D eigenvalue weighted by molar-refractivity contribution is 8.00. The van der Waals surface area contributed by atoms with Crippen LogP contribution in [0.25, 0.3) is 0 Å². The lowest BCUT2D eigenvalue weighted by Crippen LogP contribution is -2.29. The van der Waals surface area contributed by atoms with Gasteiger partial charge < -0.3 is 5.73 Å². The van der Waals surface area contributed by atoms with Crippen molar-refractivity contribution in [1.29, 1.82) is 0 Å². The van der Waals surface area contributed by atoms with Gasteiger partial charge in [-0.2, -0.15) is 0 Å². The van der Waals surface area contributed by atoms with Crippen molar-refractivity contribution in [3.05, 3.63) is 29.3 Å². The molecular formula is C15H21NS. The molecule has 1 nitrogen and oxygen atoms in total. The molecule has 0 amide bonds. The summed E-state index contributed by atoms with van der Waals surface area (Å²) in [4.78, 5) is 1.46. The molecule has 2 unspecified atom stereocenters. The fourth-order valence-corrected chi connectivity index (χ4v) is 4.47. The quantitative estimate of drug-likeness (QED) is 0.865. The average molecular weight is 247 g/mol. The summed E-state index contributed by atoms with van der Waals surface area (Å²) >= 11 is 2.05. The lowest BCUT2D eigenvalue weighted by molar-refractivity contribution is 0.451. The number of nitrogens with two attached hydrogens (primary N) is 1. The minimum absolute atomic E-state index is 0.440. The normalized spacial score (nSPS) is 28.1. The van der Waals surface area contributed by atoms with Crippen molar-refractivity contribution in [2.45, 2.75) is 61.1 Å².